The molecule has 5 rings (SSSR count). The van der Waals surface area contributed by atoms with E-state index in [1.807, 2.05) is 26.0 Å². The molecule has 0 aliphatic heterocycles. The molecule has 0 spiro atoms. The van der Waals surface area contributed by atoms with Crippen LogP contribution >= 0.6 is 8.60 Å². The van der Waals surface area contributed by atoms with E-state index in [0.717, 1.165) is 5.56 Å². The molecular formula is C38H40N7O11P. The first-order valence-electron chi connectivity index (χ1n) is 17.7. The van der Waals surface area contributed by atoms with Crippen LogP contribution in [0.5, 0.6) is 5.75 Å². The van der Waals surface area contributed by atoms with Crippen molar-refractivity contribution in [3.05, 3.63) is 112 Å². The number of fused-ring (bicyclic) bond motifs is 1. The highest BCUT2D eigenvalue weighted by Crippen LogP contribution is 2.39. The van der Waals surface area contributed by atoms with Gasteiger partial charge in [-0.05, 0) is 80.8 Å². The third kappa shape index (κ3) is 12.3. The van der Waals surface area contributed by atoms with Crippen LogP contribution in [0.25, 0.3) is 11.2 Å². The molecule has 0 bridgehead atoms. The molecule has 0 fully saturated rings. The second-order valence-corrected chi connectivity index (χ2v) is 13.2. The number of amides is 1. The number of H-pyrrole nitrogens is 1. The maximum absolute atomic E-state index is 13.2. The summed E-state index contributed by atoms with van der Waals surface area (Å²) in [5, 5.41) is 26.5. The van der Waals surface area contributed by atoms with Crippen molar-refractivity contribution in [1.29, 1.82) is 0 Å². The number of aliphatic carboxylic acids is 2. The Morgan fingerprint density at radius 3 is 2.30 bits per heavy atom. The number of carbonyl (C=O) groups is 4. The Hall–Kier alpha value is -6.33. The molecule has 0 aliphatic rings. The number of esters is 1. The van der Waals surface area contributed by atoms with Crippen LogP contribution in [0.1, 0.15) is 58.7 Å². The van der Waals surface area contributed by atoms with Crippen molar-refractivity contribution in [2.24, 2.45) is 0 Å². The number of hydrogen-bond donors (Lipinski definition) is 6. The summed E-state index contributed by atoms with van der Waals surface area (Å²) in [5.41, 5.74) is 2.13. The van der Waals surface area contributed by atoms with E-state index in [9.17, 15) is 29.1 Å². The van der Waals surface area contributed by atoms with E-state index in [2.05, 4.69) is 35.9 Å². The van der Waals surface area contributed by atoms with Gasteiger partial charge in [0.05, 0.1) is 49.5 Å². The number of hydrogen-bond acceptors (Lipinski definition) is 14. The first-order chi connectivity index (χ1) is 27.5. The topological polar surface area (TPSA) is 253 Å². The van der Waals surface area contributed by atoms with Crippen LogP contribution < -0.4 is 26.2 Å². The summed E-state index contributed by atoms with van der Waals surface area (Å²) >= 11 is 0. The molecule has 1 unspecified atom stereocenters. The van der Waals surface area contributed by atoms with Gasteiger partial charge in [0.25, 0.3) is 11.5 Å². The van der Waals surface area contributed by atoms with Gasteiger partial charge in [0.15, 0.2) is 11.2 Å². The maximum atomic E-state index is 13.2. The fourth-order valence-electron chi connectivity index (χ4n) is 5.14. The highest BCUT2D eigenvalue weighted by molar-refractivity contribution is 7.41. The van der Waals surface area contributed by atoms with Gasteiger partial charge >= 0.3 is 26.5 Å². The summed E-state index contributed by atoms with van der Waals surface area (Å²) in [5.74, 6) is -3.44. The lowest BCUT2D eigenvalue weighted by molar-refractivity contribution is -0.140. The number of anilines is 3. The van der Waals surface area contributed by atoms with Crippen LogP contribution in [0.2, 0.25) is 0 Å². The monoisotopic (exact) mass is 801 g/mol. The van der Waals surface area contributed by atoms with Crippen LogP contribution in [0.4, 0.5) is 17.3 Å². The number of aromatic nitrogens is 4. The lowest BCUT2D eigenvalue weighted by Gasteiger charge is -2.14. The van der Waals surface area contributed by atoms with Crippen LogP contribution in [-0.4, -0.2) is 79.8 Å². The maximum Gasteiger partial charge on any atom is 0.345 e. The average molecular weight is 802 g/mol. The number of aromatic amines is 1. The number of nitrogens with one attached hydrogen (secondary N) is 4. The second kappa shape index (κ2) is 20.5. The van der Waals surface area contributed by atoms with E-state index in [0.29, 0.717) is 49.1 Å². The minimum absolute atomic E-state index is 0.0187. The van der Waals surface area contributed by atoms with Crippen LogP contribution in [0.3, 0.4) is 0 Å². The van der Waals surface area contributed by atoms with E-state index in [1.54, 1.807) is 48.5 Å². The molecule has 2 aromatic heterocycles. The molecule has 298 valence electrons. The molecule has 19 heteroatoms. The fourth-order valence-corrected chi connectivity index (χ4v) is 6.03. The average Bonchev–Trinajstić information content (AvgIpc) is 3.19. The van der Waals surface area contributed by atoms with E-state index in [4.69, 9.17) is 23.4 Å². The van der Waals surface area contributed by atoms with Gasteiger partial charge in [-0.2, -0.15) is 4.98 Å². The number of rotatable bonds is 21. The summed E-state index contributed by atoms with van der Waals surface area (Å²) in [4.78, 5) is 76.8. The summed E-state index contributed by atoms with van der Waals surface area (Å²) in [6.45, 7) is 5.29. The number of carbonyl (C=O) groups excluding carboxylic acids is 2. The second-order valence-electron chi connectivity index (χ2n) is 12.0. The largest absolute Gasteiger partial charge is 0.481 e. The van der Waals surface area contributed by atoms with Gasteiger partial charge < -0.3 is 44.5 Å². The van der Waals surface area contributed by atoms with Crippen molar-refractivity contribution in [2.45, 2.75) is 45.7 Å². The Morgan fingerprint density at radius 1 is 0.895 bits per heavy atom. The molecule has 0 saturated carbocycles. The zero-order valence-corrected chi connectivity index (χ0v) is 31.8. The molecular weight excluding hydrogens is 761 g/mol. The van der Waals surface area contributed by atoms with Gasteiger partial charge in [-0.25, -0.2) is 19.6 Å². The molecule has 0 radical (unpaired) electrons. The van der Waals surface area contributed by atoms with Crippen LogP contribution in [0, 0.1) is 0 Å². The summed E-state index contributed by atoms with van der Waals surface area (Å²) in [6, 6.07) is 18.4. The van der Waals surface area contributed by atoms with Gasteiger partial charge in [-0.1, -0.05) is 24.3 Å². The Balaban J connectivity index is 1.17. The van der Waals surface area contributed by atoms with E-state index in [-0.39, 0.29) is 41.2 Å². The number of nitrogens with zero attached hydrogens (tertiary/aromatic N) is 3. The fraction of sp³-hybridized carbons (Fsp3) is 0.263. The molecule has 1 atom stereocenters. The first kappa shape index (κ1) is 41.8. The lowest BCUT2D eigenvalue weighted by atomic mass is 10.1. The normalized spacial score (nSPS) is 11.6. The summed E-state index contributed by atoms with van der Waals surface area (Å²) in [7, 11) is -1.39. The number of carboxylic acids is 2. The van der Waals surface area contributed by atoms with E-state index < -0.39 is 50.4 Å². The third-order valence-electron chi connectivity index (χ3n) is 7.93. The van der Waals surface area contributed by atoms with Crippen LogP contribution in [-0.2, 0) is 36.1 Å². The summed E-state index contributed by atoms with van der Waals surface area (Å²) < 4.78 is 22.2. The molecule has 5 aromatic rings. The highest BCUT2D eigenvalue weighted by Gasteiger charge is 2.22. The van der Waals surface area contributed by atoms with Gasteiger partial charge in [0.1, 0.15) is 11.8 Å². The molecule has 0 saturated heterocycles. The predicted octanol–water partition coefficient (Wildman–Crippen LogP) is 5.19. The number of benzene rings is 3. The van der Waals surface area contributed by atoms with Crippen molar-refractivity contribution in [1.82, 2.24) is 25.3 Å². The van der Waals surface area contributed by atoms with Crippen LogP contribution in [0.15, 0.2) is 83.8 Å². The van der Waals surface area contributed by atoms with Crippen molar-refractivity contribution < 1.29 is 47.7 Å². The molecule has 2 heterocycles. The molecule has 57 heavy (non-hydrogen) atoms. The molecule has 18 nitrogen and oxygen atoms in total. The molecule has 6 N–H and O–H groups in total. The molecule has 3 aromatic carbocycles. The molecule has 1 amide bonds. The zero-order chi connectivity index (χ0) is 40.7. The lowest BCUT2D eigenvalue weighted by Crippen LogP contribution is -2.41. The van der Waals surface area contributed by atoms with Crippen molar-refractivity contribution in [3.63, 3.8) is 0 Å². The minimum Gasteiger partial charge on any atom is -0.481 e. The smallest absolute Gasteiger partial charge is 0.345 e. The number of carboxylic acid groups (broad SMARTS) is 2. The van der Waals surface area contributed by atoms with Crippen molar-refractivity contribution in [2.75, 3.05) is 30.5 Å². The first-order valence-corrected chi connectivity index (χ1v) is 18.8. The Labute approximate surface area is 327 Å². The van der Waals surface area contributed by atoms with Gasteiger partial charge in [0, 0.05) is 17.7 Å². The summed E-state index contributed by atoms with van der Waals surface area (Å²) in [6.07, 6.45) is 1.39. The quantitative estimate of drug-likeness (QED) is 0.0317. The number of para-hydroxylation sites is 1. The third-order valence-corrected chi connectivity index (χ3v) is 9.26. The Bertz CT molecular complexity index is 2230. The van der Waals surface area contributed by atoms with Crippen molar-refractivity contribution >= 4 is 60.9 Å². The highest BCUT2D eigenvalue weighted by atomic mass is 31.2. The minimum atomic E-state index is -1.39. The Kier molecular flexibility index (Phi) is 15.1. The van der Waals surface area contributed by atoms with Gasteiger partial charge in [-0.15, -0.1) is 0 Å². The number of ether oxygens (including phenoxy) is 1. The standard InChI is InChI=1S/C38H40N7O11P/c1-3-53-57(54-4-2)55-20-19-23-9-15-27(16-10-23)56-37(52)28-7-5-6-8-29(28)43-38-44-33-32(35(49)45-38)41-26(22-40-33)21-39-25-13-11-24(12-14-25)34(48)42-30(36(50)51)17-18-31(46)47/h5-16,22,30,39H,3-4,17-21H2,1-2H3,(H,42,48)(H,46,47)(H,50,51)(H2,40,43,44,45,49). The zero-order valence-electron chi connectivity index (χ0n) is 30.9. The van der Waals surface area contributed by atoms with Gasteiger partial charge in [0.2, 0.25) is 5.95 Å². The Morgan fingerprint density at radius 2 is 1.61 bits per heavy atom. The predicted molar refractivity (Wildman–Crippen MR) is 208 cm³/mol. The van der Waals surface area contributed by atoms with E-state index >= 15 is 0 Å². The molecule has 0 aliphatic carbocycles. The van der Waals surface area contributed by atoms with Gasteiger partial charge in [-0.3, -0.25) is 19.4 Å². The SMILES string of the molecule is CCOP(OCC)OCCc1ccc(OC(=O)c2ccccc2Nc2nc3ncc(CNc4ccc(C(=O)NC(CCC(=O)O)C(=O)O)cc4)nc3c(=O)[nH]2)cc1. The van der Waals surface area contributed by atoms with E-state index in [1.165, 1.54) is 18.3 Å². The van der Waals surface area contributed by atoms with Crippen molar-refractivity contribution in [3.8, 4) is 5.75 Å².